The van der Waals surface area contributed by atoms with Crippen LogP contribution in [-0.4, -0.2) is 45.0 Å². The molecule has 0 aromatic heterocycles. The lowest BCUT2D eigenvalue weighted by Gasteiger charge is -2.28. The molecule has 0 aromatic rings. The molecule has 2 bridgehead atoms. The summed E-state index contributed by atoms with van der Waals surface area (Å²) in [4.78, 5) is 11.5. The molecule has 0 aromatic carbocycles. The third-order valence-electron chi connectivity index (χ3n) is 5.83. The van der Waals surface area contributed by atoms with Crippen LogP contribution in [0.2, 0.25) is 0 Å². The van der Waals surface area contributed by atoms with Crippen molar-refractivity contribution in [2.24, 2.45) is 23.7 Å². The molecule has 0 N–H and O–H groups in total. The van der Waals surface area contributed by atoms with E-state index >= 15 is 0 Å². The molecule has 174 valence electrons. The van der Waals surface area contributed by atoms with Gasteiger partial charge in [0.05, 0.1) is 6.61 Å². The summed E-state index contributed by atoms with van der Waals surface area (Å²) in [7, 11) is -13.3. The highest BCUT2D eigenvalue weighted by Crippen LogP contribution is 2.55. The van der Waals surface area contributed by atoms with Crippen LogP contribution in [0.4, 0.5) is 26.3 Å². The van der Waals surface area contributed by atoms with E-state index in [-0.39, 0.29) is 24.5 Å². The van der Waals surface area contributed by atoms with Gasteiger partial charge >= 0.3 is 17.0 Å². The van der Waals surface area contributed by atoms with Crippen molar-refractivity contribution in [1.29, 1.82) is 0 Å². The number of esters is 1. The van der Waals surface area contributed by atoms with E-state index in [9.17, 15) is 48.0 Å². The van der Waals surface area contributed by atoms with E-state index in [2.05, 4.69) is 6.58 Å². The third kappa shape index (κ3) is 4.48. The monoisotopic (exact) mass is 486 g/mol. The van der Waals surface area contributed by atoms with E-state index in [0.29, 0.717) is 12.8 Å². The van der Waals surface area contributed by atoms with Crippen molar-refractivity contribution < 1.29 is 52.7 Å². The molecule has 0 spiro atoms. The third-order valence-corrected chi connectivity index (χ3v) is 10.4. The maximum Gasteiger partial charge on any atom is 0.498 e. The molecule has 2 fully saturated rings. The number of ether oxygens (including phenoxy) is 1. The predicted molar refractivity (Wildman–Crippen MR) is 91.9 cm³/mol. The Hall–Kier alpha value is -1.31. The fraction of sp³-hybridized carbons (Fsp3) is 0.812. The van der Waals surface area contributed by atoms with E-state index < -0.39 is 65.4 Å². The lowest BCUT2D eigenvalue weighted by molar-refractivity contribution is -0.140. The van der Waals surface area contributed by atoms with Gasteiger partial charge in [0.15, 0.2) is 4.58 Å². The van der Waals surface area contributed by atoms with Gasteiger partial charge in [-0.25, -0.2) is 21.6 Å². The van der Waals surface area contributed by atoms with E-state index in [1.807, 2.05) is 0 Å². The second kappa shape index (κ2) is 7.99. The molecule has 0 saturated heterocycles. The summed E-state index contributed by atoms with van der Waals surface area (Å²) in [6, 6.07) is 0. The summed E-state index contributed by atoms with van der Waals surface area (Å²) in [5, 5.41) is 0. The Morgan fingerprint density at radius 2 is 1.53 bits per heavy atom. The molecule has 2 aliphatic rings. The van der Waals surface area contributed by atoms with Crippen molar-refractivity contribution in [2.75, 3.05) is 6.61 Å². The second-order valence-corrected chi connectivity index (χ2v) is 12.2. The summed E-state index contributed by atoms with van der Waals surface area (Å²) >= 11 is 0. The molecule has 6 nitrogen and oxygen atoms in total. The number of sulfone groups is 2. The zero-order chi connectivity index (χ0) is 23.3. The predicted octanol–water partition coefficient (Wildman–Crippen LogP) is 3.35. The summed E-state index contributed by atoms with van der Waals surface area (Å²) in [5.41, 5.74) is -12.2. The van der Waals surface area contributed by atoms with Crippen molar-refractivity contribution in [3.8, 4) is 0 Å². The molecule has 2 rings (SSSR count). The maximum absolute atomic E-state index is 12.9. The van der Waals surface area contributed by atoms with Crippen LogP contribution < -0.4 is 0 Å². The van der Waals surface area contributed by atoms with Crippen LogP contribution in [0, 0.1) is 23.7 Å². The number of fused-ring (bicyclic) bond motifs is 2. The second-order valence-electron chi connectivity index (χ2n) is 7.69. The van der Waals surface area contributed by atoms with E-state index in [1.165, 1.54) is 6.92 Å². The van der Waals surface area contributed by atoms with Crippen LogP contribution in [0.15, 0.2) is 12.2 Å². The quantitative estimate of drug-likeness (QED) is 0.311. The summed E-state index contributed by atoms with van der Waals surface area (Å²) in [6.45, 7) is 4.63. The molecule has 14 heteroatoms. The lowest BCUT2D eigenvalue weighted by atomic mass is 9.86. The topological polar surface area (TPSA) is 94.6 Å². The Balaban J connectivity index is 2.30. The van der Waals surface area contributed by atoms with Gasteiger partial charge in [-0.2, -0.15) is 26.3 Å². The van der Waals surface area contributed by atoms with Crippen molar-refractivity contribution in [3.63, 3.8) is 0 Å². The standard InChI is InChI=1S/C16H20F6O6S2/c1-8(2)14(23)28-7-12-9-3-4-11(12)10(5-9)6-13(29(24,25)15(17,18)19)30(26,27)16(20,21)22/h9-13H,1,3-7H2,2H3. The molecule has 4 atom stereocenters. The van der Waals surface area contributed by atoms with Crippen molar-refractivity contribution in [3.05, 3.63) is 12.2 Å². The fourth-order valence-electron chi connectivity index (χ4n) is 4.42. The first-order valence-corrected chi connectivity index (χ1v) is 11.9. The van der Waals surface area contributed by atoms with Crippen molar-refractivity contribution >= 4 is 25.6 Å². The molecule has 2 aliphatic carbocycles. The van der Waals surface area contributed by atoms with Crippen LogP contribution in [-0.2, 0) is 29.2 Å². The highest BCUT2D eigenvalue weighted by Gasteiger charge is 2.64. The molecule has 0 amide bonds. The minimum absolute atomic E-state index is 0.0528. The normalized spacial score (nSPS) is 27.5. The average molecular weight is 486 g/mol. The van der Waals surface area contributed by atoms with Crippen LogP contribution in [0.5, 0.6) is 0 Å². The van der Waals surface area contributed by atoms with Crippen LogP contribution in [0.25, 0.3) is 0 Å². The molecular weight excluding hydrogens is 466 g/mol. The SMILES string of the molecule is C=C(C)C(=O)OCC1C2CCC1C(CC(S(=O)(=O)C(F)(F)F)S(=O)(=O)C(F)(F)F)C2. The average Bonchev–Trinajstić information content (AvgIpc) is 3.11. The molecule has 0 radical (unpaired) electrons. The number of hydrogen-bond donors (Lipinski definition) is 0. The Kier molecular flexibility index (Phi) is 6.65. The first kappa shape index (κ1) is 25.0. The molecule has 0 aliphatic heterocycles. The van der Waals surface area contributed by atoms with Gasteiger partial charge in [-0.3, -0.25) is 0 Å². The number of hydrogen-bond acceptors (Lipinski definition) is 6. The van der Waals surface area contributed by atoms with Crippen LogP contribution in [0.1, 0.15) is 32.6 Å². The zero-order valence-electron chi connectivity index (χ0n) is 15.7. The number of alkyl halides is 6. The summed E-state index contributed by atoms with van der Waals surface area (Å²) in [5.74, 6) is -2.89. The van der Waals surface area contributed by atoms with E-state index in [0.717, 1.165) is 0 Å². The highest BCUT2D eigenvalue weighted by atomic mass is 32.3. The smallest absolute Gasteiger partial charge is 0.462 e. The van der Waals surface area contributed by atoms with Gasteiger partial charge in [0, 0.05) is 5.57 Å². The minimum Gasteiger partial charge on any atom is -0.462 e. The number of rotatable bonds is 7. The molecule has 4 unspecified atom stereocenters. The Labute approximate surface area is 169 Å². The van der Waals surface area contributed by atoms with Gasteiger partial charge in [0.1, 0.15) is 0 Å². The maximum atomic E-state index is 12.9. The molecular formula is C16H20F6O6S2. The van der Waals surface area contributed by atoms with Gasteiger partial charge in [0.25, 0.3) is 19.7 Å². The van der Waals surface area contributed by atoms with Crippen molar-refractivity contribution in [1.82, 2.24) is 0 Å². The number of carbonyl (C=O) groups excluding carboxylic acids is 1. The Morgan fingerprint density at radius 1 is 1.03 bits per heavy atom. The summed E-state index contributed by atoms with van der Waals surface area (Å²) < 4.78 is 126. The molecule has 30 heavy (non-hydrogen) atoms. The van der Waals surface area contributed by atoms with Gasteiger partial charge < -0.3 is 4.74 Å². The van der Waals surface area contributed by atoms with Gasteiger partial charge in [0.2, 0.25) is 0 Å². The first-order valence-electron chi connectivity index (χ1n) is 8.84. The fourth-order valence-corrected chi connectivity index (χ4v) is 8.00. The van der Waals surface area contributed by atoms with Gasteiger partial charge in [-0.05, 0) is 56.3 Å². The molecule has 2 saturated carbocycles. The molecule has 0 heterocycles. The van der Waals surface area contributed by atoms with Crippen LogP contribution in [0.3, 0.4) is 0 Å². The van der Waals surface area contributed by atoms with Gasteiger partial charge in [-0.1, -0.05) is 6.58 Å². The minimum atomic E-state index is -6.64. The number of carbonyl (C=O) groups is 1. The first-order chi connectivity index (χ1) is 13.4. The number of halogens is 6. The Bertz CT molecular complexity index is 861. The van der Waals surface area contributed by atoms with Gasteiger partial charge in [-0.15, -0.1) is 0 Å². The summed E-state index contributed by atoms with van der Waals surface area (Å²) in [6.07, 6.45) is -0.346. The lowest BCUT2D eigenvalue weighted by Crippen LogP contribution is -2.46. The van der Waals surface area contributed by atoms with Crippen LogP contribution >= 0.6 is 0 Å². The van der Waals surface area contributed by atoms with E-state index in [1.54, 1.807) is 0 Å². The zero-order valence-corrected chi connectivity index (χ0v) is 17.3. The highest BCUT2D eigenvalue weighted by molar-refractivity contribution is 8.09. The van der Waals surface area contributed by atoms with Crippen molar-refractivity contribution in [2.45, 2.75) is 48.2 Å². The largest absolute Gasteiger partial charge is 0.498 e. The Morgan fingerprint density at radius 3 is 1.97 bits per heavy atom. The van der Waals surface area contributed by atoms with E-state index in [4.69, 9.17) is 4.74 Å².